The lowest BCUT2D eigenvalue weighted by atomic mass is 10.2. The fraction of sp³-hybridized carbons (Fsp3) is 0.400. The SMILES string of the molecule is COc1ccc(OC(C)C(=O)NCc2ccc(N3CCCC3)nc2)cc1. The maximum Gasteiger partial charge on any atom is 0.261 e. The Morgan fingerprint density at radius 3 is 2.46 bits per heavy atom. The van der Waals surface area contributed by atoms with Gasteiger partial charge in [-0.15, -0.1) is 0 Å². The standard InChI is InChI=1S/C20H25N3O3/c1-15(26-18-8-6-17(25-2)7-9-18)20(24)22-14-16-5-10-19(21-13-16)23-11-3-4-12-23/h5-10,13,15H,3-4,11-12,14H2,1-2H3,(H,22,24). The van der Waals surface area contributed by atoms with E-state index in [1.807, 2.05) is 18.3 Å². The van der Waals surface area contributed by atoms with Gasteiger partial charge in [0, 0.05) is 25.8 Å². The number of benzene rings is 1. The molecule has 1 unspecified atom stereocenters. The number of aromatic nitrogens is 1. The third kappa shape index (κ3) is 4.65. The molecule has 0 radical (unpaired) electrons. The molecule has 0 spiro atoms. The number of hydrogen-bond donors (Lipinski definition) is 1. The van der Waals surface area contributed by atoms with Gasteiger partial charge < -0.3 is 19.7 Å². The van der Waals surface area contributed by atoms with Crippen LogP contribution >= 0.6 is 0 Å². The summed E-state index contributed by atoms with van der Waals surface area (Å²) in [6.07, 6.45) is 3.69. The molecule has 0 aliphatic carbocycles. The predicted molar refractivity (Wildman–Crippen MR) is 101 cm³/mol. The summed E-state index contributed by atoms with van der Waals surface area (Å²) in [5, 5.41) is 2.89. The average Bonchev–Trinajstić information content (AvgIpc) is 3.22. The summed E-state index contributed by atoms with van der Waals surface area (Å²) < 4.78 is 10.8. The largest absolute Gasteiger partial charge is 0.497 e. The molecule has 1 atom stereocenters. The second-order valence-corrected chi connectivity index (χ2v) is 6.37. The van der Waals surface area contributed by atoms with Crippen LogP contribution in [0.4, 0.5) is 5.82 Å². The number of carbonyl (C=O) groups excluding carboxylic acids is 1. The predicted octanol–water partition coefficient (Wildman–Crippen LogP) is 2.77. The van der Waals surface area contributed by atoms with Crippen LogP contribution in [0.1, 0.15) is 25.3 Å². The number of pyridine rings is 1. The molecule has 138 valence electrons. The minimum absolute atomic E-state index is 0.163. The zero-order valence-corrected chi connectivity index (χ0v) is 15.3. The van der Waals surface area contributed by atoms with E-state index >= 15 is 0 Å². The van der Waals surface area contributed by atoms with E-state index < -0.39 is 6.10 Å². The van der Waals surface area contributed by atoms with E-state index in [1.165, 1.54) is 12.8 Å². The molecular formula is C20H25N3O3. The van der Waals surface area contributed by atoms with Crippen molar-refractivity contribution in [3.63, 3.8) is 0 Å². The summed E-state index contributed by atoms with van der Waals surface area (Å²) in [6, 6.07) is 11.2. The van der Waals surface area contributed by atoms with Gasteiger partial charge >= 0.3 is 0 Å². The lowest BCUT2D eigenvalue weighted by Gasteiger charge is -2.17. The van der Waals surface area contributed by atoms with E-state index in [-0.39, 0.29) is 5.91 Å². The van der Waals surface area contributed by atoms with Gasteiger partial charge in [0.1, 0.15) is 17.3 Å². The first-order valence-corrected chi connectivity index (χ1v) is 8.94. The molecule has 1 aliphatic heterocycles. The number of carbonyl (C=O) groups is 1. The normalized spacial score (nSPS) is 14.8. The molecule has 1 aromatic carbocycles. The maximum absolute atomic E-state index is 12.2. The number of methoxy groups -OCH3 is 1. The van der Waals surface area contributed by atoms with Crippen LogP contribution in [-0.4, -0.2) is 37.2 Å². The number of rotatable bonds is 7. The Bertz CT molecular complexity index is 710. The third-order valence-electron chi connectivity index (χ3n) is 4.45. The second kappa shape index (κ2) is 8.56. The van der Waals surface area contributed by atoms with E-state index in [0.29, 0.717) is 12.3 Å². The highest BCUT2D eigenvalue weighted by atomic mass is 16.5. The van der Waals surface area contributed by atoms with Crippen LogP contribution in [0.15, 0.2) is 42.6 Å². The van der Waals surface area contributed by atoms with Crippen LogP contribution in [0.3, 0.4) is 0 Å². The Morgan fingerprint density at radius 1 is 1.15 bits per heavy atom. The highest BCUT2D eigenvalue weighted by Crippen LogP contribution is 2.19. The molecule has 2 heterocycles. The monoisotopic (exact) mass is 355 g/mol. The van der Waals surface area contributed by atoms with E-state index in [4.69, 9.17) is 9.47 Å². The molecule has 1 fully saturated rings. The number of hydrogen-bond acceptors (Lipinski definition) is 5. The highest BCUT2D eigenvalue weighted by molar-refractivity contribution is 5.80. The first-order valence-electron chi connectivity index (χ1n) is 8.94. The Labute approximate surface area is 154 Å². The number of anilines is 1. The van der Waals surface area contributed by atoms with E-state index in [1.54, 1.807) is 38.3 Å². The lowest BCUT2D eigenvalue weighted by molar-refractivity contribution is -0.127. The van der Waals surface area contributed by atoms with Crippen LogP contribution in [-0.2, 0) is 11.3 Å². The van der Waals surface area contributed by atoms with E-state index in [9.17, 15) is 4.79 Å². The van der Waals surface area contributed by atoms with Gasteiger partial charge in [0.15, 0.2) is 6.10 Å². The highest BCUT2D eigenvalue weighted by Gasteiger charge is 2.15. The molecule has 6 heteroatoms. The molecular weight excluding hydrogens is 330 g/mol. The molecule has 26 heavy (non-hydrogen) atoms. The smallest absolute Gasteiger partial charge is 0.261 e. The first-order chi connectivity index (χ1) is 12.7. The topological polar surface area (TPSA) is 63.7 Å². The number of nitrogens with one attached hydrogen (secondary N) is 1. The molecule has 0 saturated carbocycles. The van der Waals surface area contributed by atoms with Crippen molar-refractivity contribution in [3.05, 3.63) is 48.2 Å². The number of amides is 1. The van der Waals surface area contributed by atoms with Gasteiger partial charge in [-0.1, -0.05) is 6.07 Å². The Kier molecular flexibility index (Phi) is 5.94. The van der Waals surface area contributed by atoms with Crippen molar-refractivity contribution in [1.29, 1.82) is 0 Å². The van der Waals surface area contributed by atoms with Crippen LogP contribution in [0.2, 0.25) is 0 Å². The van der Waals surface area contributed by atoms with Crippen molar-refractivity contribution in [2.75, 3.05) is 25.1 Å². The van der Waals surface area contributed by atoms with Crippen LogP contribution in [0, 0.1) is 0 Å². The molecule has 0 bridgehead atoms. The summed E-state index contributed by atoms with van der Waals surface area (Å²) in [5.41, 5.74) is 0.970. The van der Waals surface area contributed by atoms with Gasteiger partial charge in [-0.05, 0) is 55.7 Å². The summed E-state index contributed by atoms with van der Waals surface area (Å²) in [7, 11) is 1.61. The number of nitrogens with zero attached hydrogens (tertiary/aromatic N) is 2. The van der Waals surface area contributed by atoms with Crippen molar-refractivity contribution in [2.24, 2.45) is 0 Å². The Hall–Kier alpha value is -2.76. The summed E-state index contributed by atoms with van der Waals surface area (Å²) in [6.45, 7) is 4.31. The van der Waals surface area contributed by atoms with Crippen molar-refractivity contribution in [3.8, 4) is 11.5 Å². The minimum Gasteiger partial charge on any atom is -0.497 e. The van der Waals surface area contributed by atoms with Gasteiger partial charge in [-0.25, -0.2) is 4.98 Å². The van der Waals surface area contributed by atoms with Crippen LogP contribution in [0.5, 0.6) is 11.5 Å². The average molecular weight is 355 g/mol. The molecule has 2 aromatic rings. The molecule has 1 N–H and O–H groups in total. The van der Waals surface area contributed by atoms with Crippen molar-refractivity contribution < 1.29 is 14.3 Å². The lowest BCUT2D eigenvalue weighted by Crippen LogP contribution is -2.35. The molecule has 1 amide bonds. The fourth-order valence-electron chi connectivity index (χ4n) is 2.90. The maximum atomic E-state index is 12.2. The zero-order valence-electron chi connectivity index (χ0n) is 15.3. The summed E-state index contributed by atoms with van der Waals surface area (Å²) in [4.78, 5) is 19.0. The van der Waals surface area contributed by atoms with Gasteiger partial charge in [0.25, 0.3) is 5.91 Å². The van der Waals surface area contributed by atoms with Gasteiger partial charge in [-0.3, -0.25) is 4.79 Å². The van der Waals surface area contributed by atoms with Gasteiger partial charge in [-0.2, -0.15) is 0 Å². The molecule has 1 saturated heterocycles. The van der Waals surface area contributed by atoms with Crippen molar-refractivity contribution in [1.82, 2.24) is 10.3 Å². The van der Waals surface area contributed by atoms with Crippen molar-refractivity contribution in [2.45, 2.75) is 32.4 Å². The Morgan fingerprint density at radius 2 is 1.85 bits per heavy atom. The second-order valence-electron chi connectivity index (χ2n) is 6.37. The van der Waals surface area contributed by atoms with Crippen LogP contribution in [0.25, 0.3) is 0 Å². The number of ether oxygens (including phenoxy) is 2. The molecule has 3 rings (SSSR count). The fourth-order valence-corrected chi connectivity index (χ4v) is 2.90. The first kappa shape index (κ1) is 18.0. The summed E-state index contributed by atoms with van der Waals surface area (Å²) in [5.74, 6) is 2.22. The molecule has 6 nitrogen and oxygen atoms in total. The minimum atomic E-state index is -0.583. The van der Waals surface area contributed by atoms with E-state index in [0.717, 1.165) is 30.2 Å². The third-order valence-corrected chi connectivity index (χ3v) is 4.45. The van der Waals surface area contributed by atoms with Crippen LogP contribution < -0.4 is 19.7 Å². The zero-order chi connectivity index (χ0) is 18.4. The summed E-state index contributed by atoms with van der Waals surface area (Å²) >= 11 is 0. The van der Waals surface area contributed by atoms with Gasteiger partial charge in [0.2, 0.25) is 0 Å². The van der Waals surface area contributed by atoms with Crippen molar-refractivity contribution >= 4 is 11.7 Å². The van der Waals surface area contributed by atoms with E-state index in [2.05, 4.69) is 15.2 Å². The van der Waals surface area contributed by atoms with Gasteiger partial charge in [0.05, 0.1) is 7.11 Å². The molecule has 1 aliphatic rings. The quantitative estimate of drug-likeness (QED) is 0.827. The molecule has 1 aromatic heterocycles. The Balaban J connectivity index is 1.47.